The van der Waals surface area contributed by atoms with Gasteiger partial charge in [-0.2, -0.15) is 0 Å². The molecule has 166 valence electrons. The molecule has 3 aliphatic rings. The molecule has 0 heterocycles. The average molecular weight is 419 g/mol. The average Bonchev–Trinajstić information content (AvgIpc) is 2.66. The van der Waals surface area contributed by atoms with Crippen LogP contribution in [0.2, 0.25) is 0 Å². The van der Waals surface area contributed by atoms with Gasteiger partial charge in [-0.1, -0.05) is 19.1 Å². The Morgan fingerprint density at radius 1 is 1.10 bits per heavy atom. The lowest BCUT2D eigenvalue weighted by atomic mass is 9.60. The molecule has 0 radical (unpaired) electrons. The Kier molecular flexibility index (Phi) is 6.32. The van der Waals surface area contributed by atoms with Crippen LogP contribution in [0, 0.1) is 0 Å². The summed E-state index contributed by atoms with van der Waals surface area (Å²) in [6.45, 7) is 7.45. The number of benzene rings is 1. The van der Waals surface area contributed by atoms with Crippen LogP contribution in [0.4, 0.5) is 4.79 Å². The second-order valence-corrected chi connectivity index (χ2v) is 9.62. The summed E-state index contributed by atoms with van der Waals surface area (Å²) >= 11 is 0. The molecule has 1 aromatic rings. The Bertz CT molecular complexity index is 761. The lowest BCUT2D eigenvalue weighted by Crippen LogP contribution is -2.70. The number of aryl methyl sites for hydroxylation is 1. The third-order valence-corrected chi connectivity index (χ3v) is 6.18. The van der Waals surface area contributed by atoms with Gasteiger partial charge in [0.15, 0.2) is 6.61 Å². The van der Waals surface area contributed by atoms with Gasteiger partial charge in [0, 0.05) is 5.54 Å². The minimum absolute atomic E-state index is 0.0649. The summed E-state index contributed by atoms with van der Waals surface area (Å²) in [4.78, 5) is 24.7. The number of amides is 2. The maximum atomic E-state index is 12.5. The van der Waals surface area contributed by atoms with E-state index in [1.165, 1.54) is 5.56 Å². The number of carbonyl (C=O) groups excluding carboxylic acids is 2. The first kappa shape index (κ1) is 22.4. The van der Waals surface area contributed by atoms with Crippen molar-refractivity contribution in [3.8, 4) is 5.75 Å². The van der Waals surface area contributed by atoms with Gasteiger partial charge in [0.05, 0.1) is 11.6 Å². The zero-order chi connectivity index (χ0) is 22.0. The maximum Gasteiger partial charge on any atom is 0.408 e. The third kappa shape index (κ3) is 5.25. The quantitative estimate of drug-likeness (QED) is 0.660. The zero-order valence-electron chi connectivity index (χ0n) is 18.4. The molecule has 0 saturated heterocycles. The number of nitrogens with one attached hydrogen (secondary N) is 2. The van der Waals surface area contributed by atoms with Gasteiger partial charge in [0.2, 0.25) is 0 Å². The van der Waals surface area contributed by atoms with E-state index < -0.39 is 28.9 Å². The molecule has 0 spiro atoms. The van der Waals surface area contributed by atoms with E-state index in [0.717, 1.165) is 6.42 Å². The van der Waals surface area contributed by atoms with Crippen LogP contribution in [0.5, 0.6) is 5.75 Å². The van der Waals surface area contributed by atoms with Gasteiger partial charge in [-0.25, -0.2) is 4.79 Å². The van der Waals surface area contributed by atoms with Gasteiger partial charge in [0.25, 0.3) is 5.91 Å². The lowest BCUT2D eigenvalue weighted by molar-refractivity contribution is -0.129. The molecule has 1 aromatic carbocycles. The summed E-state index contributed by atoms with van der Waals surface area (Å²) < 4.78 is 11.0. The number of aliphatic hydroxyl groups excluding tert-OH is 1. The number of rotatable bonds is 6. The molecule has 7 nitrogen and oxygen atoms in total. The SMILES string of the molecule is CCc1ccc(OCC(=O)NC23CCC(NC(=O)OC(C)(C)C)(CC2)[C@@H](O)C3)cc1. The van der Waals surface area contributed by atoms with Crippen molar-refractivity contribution in [2.24, 2.45) is 0 Å². The van der Waals surface area contributed by atoms with E-state index in [-0.39, 0.29) is 12.5 Å². The third-order valence-electron chi connectivity index (χ3n) is 6.18. The molecule has 0 unspecified atom stereocenters. The van der Waals surface area contributed by atoms with Crippen molar-refractivity contribution >= 4 is 12.0 Å². The van der Waals surface area contributed by atoms with Crippen LogP contribution in [-0.2, 0) is 16.0 Å². The van der Waals surface area contributed by atoms with Crippen LogP contribution in [0.3, 0.4) is 0 Å². The Labute approximate surface area is 178 Å². The number of hydrogen-bond donors (Lipinski definition) is 3. The highest BCUT2D eigenvalue weighted by molar-refractivity contribution is 5.78. The van der Waals surface area contributed by atoms with Gasteiger partial charge in [-0.05, 0) is 77.0 Å². The van der Waals surface area contributed by atoms with Crippen molar-refractivity contribution in [2.75, 3.05) is 6.61 Å². The van der Waals surface area contributed by atoms with Crippen LogP contribution >= 0.6 is 0 Å². The summed E-state index contributed by atoms with van der Waals surface area (Å²) in [6.07, 6.45) is 2.67. The van der Waals surface area contributed by atoms with Gasteiger partial charge in [-0.15, -0.1) is 0 Å². The first-order chi connectivity index (χ1) is 14.0. The summed E-state index contributed by atoms with van der Waals surface area (Å²) in [5, 5.41) is 16.8. The predicted molar refractivity (Wildman–Crippen MR) is 113 cm³/mol. The Balaban J connectivity index is 1.53. The fourth-order valence-corrected chi connectivity index (χ4v) is 4.47. The van der Waals surface area contributed by atoms with Gasteiger partial charge >= 0.3 is 6.09 Å². The second kappa shape index (κ2) is 8.46. The number of alkyl carbamates (subject to hydrolysis) is 1. The second-order valence-electron chi connectivity index (χ2n) is 9.62. The van der Waals surface area contributed by atoms with E-state index >= 15 is 0 Å². The van der Waals surface area contributed by atoms with E-state index in [1.54, 1.807) is 0 Å². The van der Waals surface area contributed by atoms with Crippen LogP contribution in [0.15, 0.2) is 24.3 Å². The van der Waals surface area contributed by atoms with E-state index in [4.69, 9.17) is 9.47 Å². The lowest BCUT2D eigenvalue weighted by Gasteiger charge is -2.56. The minimum Gasteiger partial charge on any atom is -0.484 e. The molecule has 1 atom stereocenters. The van der Waals surface area contributed by atoms with Gasteiger partial charge < -0.3 is 25.2 Å². The van der Waals surface area contributed by atoms with Gasteiger partial charge in [0.1, 0.15) is 11.4 Å². The van der Waals surface area contributed by atoms with Crippen molar-refractivity contribution in [2.45, 2.75) is 89.0 Å². The van der Waals surface area contributed by atoms with E-state index in [1.807, 2.05) is 45.0 Å². The van der Waals surface area contributed by atoms with Crippen molar-refractivity contribution in [3.05, 3.63) is 29.8 Å². The van der Waals surface area contributed by atoms with E-state index in [9.17, 15) is 14.7 Å². The predicted octanol–water partition coefficient (Wildman–Crippen LogP) is 3.08. The number of aliphatic hydroxyl groups is 1. The van der Waals surface area contributed by atoms with E-state index in [0.29, 0.717) is 37.9 Å². The first-order valence-corrected chi connectivity index (χ1v) is 10.8. The molecule has 0 aliphatic heterocycles. The molecule has 4 rings (SSSR count). The number of carbonyl (C=O) groups is 2. The van der Waals surface area contributed by atoms with Crippen LogP contribution in [-0.4, -0.2) is 46.5 Å². The number of hydrogen-bond acceptors (Lipinski definition) is 5. The number of ether oxygens (including phenoxy) is 2. The molecule has 7 heteroatoms. The summed E-state index contributed by atoms with van der Waals surface area (Å²) in [6, 6.07) is 7.71. The normalized spacial score (nSPS) is 28.0. The highest BCUT2D eigenvalue weighted by Gasteiger charge is 2.55. The first-order valence-electron chi connectivity index (χ1n) is 10.8. The Morgan fingerprint density at radius 3 is 2.27 bits per heavy atom. The molecule has 2 bridgehead atoms. The monoisotopic (exact) mass is 418 g/mol. The van der Waals surface area contributed by atoms with Crippen molar-refractivity contribution in [1.29, 1.82) is 0 Å². The van der Waals surface area contributed by atoms with Crippen LogP contribution in [0.1, 0.15) is 65.4 Å². The fourth-order valence-electron chi connectivity index (χ4n) is 4.47. The standard InChI is InChI=1S/C23H34N2O5/c1-5-16-6-8-17(9-7-16)29-15-19(27)24-22-10-12-23(13-11-22,18(26)14-22)25-20(28)30-21(2,3)4/h6-9,18,26H,5,10-15H2,1-4H3,(H,24,27)(H,25,28)/t18-,22?,23?/m0/s1. The highest BCUT2D eigenvalue weighted by Crippen LogP contribution is 2.47. The fraction of sp³-hybridized carbons (Fsp3) is 0.652. The van der Waals surface area contributed by atoms with Crippen molar-refractivity contribution in [1.82, 2.24) is 10.6 Å². The molecule has 0 aromatic heterocycles. The summed E-state index contributed by atoms with van der Waals surface area (Å²) in [7, 11) is 0. The van der Waals surface area contributed by atoms with Crippen molar-refractivity contribution in [3.63, 3.8) is 0 Å². The maximum absolute atomic E-state index is 12.5. The smallest absolute Gasteiger partial charge is 0.408 e. The minimum atomic E-state index is -0.740. The Morgan fingerprint density at radius 2 is 1.73 bits per heavy atom. The van der Waals surface area contributed by atoms with Gasteiger partial charge in [-0.3, -0.25) is 4.79 Å². The molecule has 3 saturated carbocycles. The molecule has 30 heavy (non-hydrogen) atoms. The molecule has 3 fully saturated rings. The highest BCUT2D eigenvalue weighted by atomic mass is 16.6. The number of fused-ring (bicyclic) bond motifs is 3. The largest absolute Gasteiger partial charge is 0.484 e. The van der Waals surface area contributed by atoms with Crippen LogP contribution in [0.25, 0.3) is 0 Å². The zero-order valence-corrected chi connectivity index (χ0v) is 18.4. The Hall–Kier alpha value is -2.28. The molecule has 2 amide bonds. The topological polar surface area (TPSA) is 96.9 Å². The molecular formula is C23H34N2O5. The summed E-state index contributed by atoms with van der Waals surface area (Å²) in [5.74, 6) is 0.462. The molecule has 3 N–H and O–H groups in total. The molecular weight excluding hydrogens is 384 g/mol. The van der Waals surface area contributed by atoms with Crippen molar-refractivity contribution < 1.29 is 24.2 Å². The van der Waals surface area contributed by atoms with E-state index in [2.05, 4.69) is 17.6 Å². The molecule has 3 aliphatic carbocycles. The van der Waals surface area contributed by atoms with Crippen LogP contribution < -0.4 is 15.4 Å². The summed E-state index contributed by atoms with van der Waals surface area (Å²) in [5.41, 5.74) is -0.522.